The lowest BCUT2D eigenvalue weighted by molar-refractivity contribution is 0.0836. The zero-order chi connectivity index (χ0) is 14.5. The first-order chi connectivity index (χ1) is 9.56. The molecule has 0 bridgehead atoms. The highest BCUT2D eigenvalue weighted by Gasteiger charge is 2.19. The molecule has 0 aliphatic heterocycles. The van der Waals surface area contributed by atoms with E-state index in [1.165, 1.54) is 50.8 Å². The van der Waals surface area contributed by atoms with E-state index in [1.54, 1.807) is 0 Å². The summed E-state index contributed by atoms with van der Waals surface area (Å²) >= 11 is 0. The van der Waals surface area contributed by atoms with Crippen LogP contribution in [0.1, 0.15) is 49.4 Å². The normalized spacial score (nSPS) is 17.1. The van der Waals surface area contributed by atoms with Gasteiger partial charge in [0, 0.05) is 5.56 Å². The van der Waals surface area contributed by atoms with Crippen LogP contribution in [-0.2, 0) is 0 Å². The lowest BCUT2D eigenvalue weighted by atomic mass is 10.0. The highest BCUT2D eigenvalue weighted by atomic mass is 19.1. The molecule has 1 aromatic carbocycles. The molecule has 1 fully saturated rings. The molecule has 0 aromatic heterocycles. The molecule has 0 heterocycles. The predicted octanol–water partition coefficient (Wildman–Crippen LogP) is 3.35. The van der Waals surface area contributed by atoms with Crippen LogP contribution < -0.4 is 4.74 Å². The van der Waals surface area contributed by atoms with Gasteiger partial charge in [0.25, 0.3) is 0 Å². The number of carbonyl (C=O) groups is 1. The third kappa shape index (κ3) is 4.04. The number of hydrogen-bond donors (Lipinski definition) is 1. The van der Waals surface area contributed by atoms with Crippen LogP contribution in [0.25, 0.3) is 0 Å². The maximum atomic E-state index is 13.7. The molecule has 1 aliphatic carbocycles. The summed E-state index contributed by atoms with van der Waals surface area (Å²) in [7, 11) is 0. The largest absolute Gasteiger partial charge is 0.488 e. The molecule has 110 valence electrons. The molecule has 3 nitrogen and oxygen atoms in total. The second-order valence-corrected chi connectivity index (χ2v) is 5.55. The van der Waals surface area contributed by atoms with E-state index in [9.17, 15) is 14.3 Å². The number of hydrogen-bond acceptors (Lipinski definition) is 3. The zero-order valence-corrected chi connectivity index (χ0v) is 11.8. The van der Waals surface area contributed by atoms with Crippen LogP contribution in [0.3, 0.4) is 0 Å². The van der Waals surface area contributed by atoms with Gasteiger partial charge in [-0.1, -0.05) is 25.7 Å². The molecule has 0 spiro atoms. The second kappa shape index (κ2) is 6.84. The minimum atomic E-state index is -0.565. The van der Waals surface area contributed by atoms with Crippen molar-refractivity contribution in [3.05, 3.63) is 29.6 Å². The molecule has 1 aromatic rings. The molecule has 4 heteroatoms. The summed E-state index contributed by atoms with van der Waals surface area (Å²) in [4.78, 5) is 11.1. The van der Waals surface area contributed by atoms with Crippen LogP contribution in [0.2, 0.25) is 0 Å². The molecule has 1 atom stereocenters. The van der Waals surface area contributed by atoms with Crippen LogP contribution in [-0.4, -0.2) is 23.6 Å². The number of benzene rings is 1. The van der Waals surface area contributed by atoms with Crippen LogP contribution in [0, 0.1) is 11.7 Å². The van der Waals surface area contributed by atoms with Gasteiger partial charge in [-0.3, -0.25) is 4.79 Å². The summed E-state index contributed by atoms with van der Waals surface area (Å²) in [5.41, 5.74) is 0.321. The van der Waals surface area contributed by atoms with Crippen LogP contribution in [0.15, 0.2) is 18.2 Å². The fraction of sp³-hybridized carbons (Fsp3) is 0.562. The Kier molecular flexibility index (Phi) is 5.12. The van der Waals surface area contributed by atoms with Crippen LogP contribution in [0.4, 0.5) is 4.39 Å². The van der Waals surface area contributed by atoms with Gasteiger partial charge in [-0.2, -0.15) is 0 Å². The van der Waals surface area contributed by atoms with Gasteiger partial charge in [-0.05, 0) is 37.5 Å². The molecular weight excluding hydrogens is 259 g/mol. The number of ketones is 1. The van der Waals surface area contributed by atoms with Crippen LogP contribution in [0.5, 0.6) is 5.75 Å². The van der Waals surface area contributed by atoms with E-state index in [0.29, 0.717) is 17.9 Å². The number of Topliss-reactive ketones (excluding diaryl/α,β-unsaturated/α-hetero) is 1. The number of rotatable bonds is 6. The van der Waals surface area contributed by atoms with Crippen molar-refractivity contribution in [1.82, 2.24) is 0 Å². The Labute approximate surface area is 118 Å². The third-order valence-electron chi connectivity index (χ3n) is 3.85. The molecule has 1 aliphatic rings. The number of carbonyl (C=O) groups excluding carboxylic acids is 1. The zero-order valence-electron chi connectivity index (χ0n) is 11.8. The summed E-state index contributed by atoms with van der Waals surface area (Å²) in [5, 5.41) is 9.90. The van der Waals surface area contributed by atoms with Crippen molar-refractivity contribution in [1.29, 1.82) is 0 Å². The van der Waals surface area contributed by atoms with Crippen molar-refractivity contribution in [3.8, 4) is 5.75 Å². The number of aliphatic hydroxyl groups excluding tert-OH is 1. The minimum absolute atomic E-state index is 0.0838. The van der Waals surface area contributed by atoms with Crippen molar-refractivity contribution in [2.24, 2.45) is 5.92 Å². The maximum Gasteiger partial charge on any atom is 0.165 e. The molecule has 0 saturated heterocycles. The number of aliphatic hydroxyl groups is 1. The first-order valence-corrected chi connectivity index (χ1v) is 7.17. The molecule has 1 saturated carbocycles. The first-order valence-electron chi connectivity index (χ1n) is 7.17. The van der Waals surface area contributed by atoms with E-state index in [4.69, 9.17) is 4.74 Å². The standard InChI is InChI=1S/C16H21FO3/c1-11(18)13-6-7-16(15(17)9-13)20-10-14(19)8-12-4-2-3-5-12/h6-7,9,12,14,19H,2-5,8,10H2,1H3. The predicted molar refractivity (Wildman–Crippen MR) is 74.5 cm³/mol. The Morgan fingerprint density at radius 2 is 2.15 bits per heavy atom. The van der Waals surface area contributed by atoms with Gasteiger partial charge in [0.2, 0.25) is 0 Å². The van der Waals surface area contributed by atoms with Crippen molar-refractivity contribution in [3.63, 3.8) is 0 Å². The molecule has 2 rings (SSSR count). The summed E-state index contributed by atoms with van der Waals surface area (Å²) in [6.07, 6.45) is 4.95. The van der Waals surface area contributed by atoms with E-state index < -0.39 is 11.9 Å². The Bertz CT molecular complexity index is 467. The molecule has 1 unspecified atom stereocenters. The topological polar surface area (TPSA) is 46.5 Å². The van der Waals surface area contributed by atoms with E-state index in [2.05, 4.69) is 0 Å². The van der Waals surface area contributed by atoms with Gasteiger partial charge in [-0.25, -0.2) is 4.39 Å². The fourth-order valence-corrected chi connectivity index (χ4v) is 2.72. The molecular formula is C16H21FO3. The highest BCUT2D eigenvalue weighted by Crippen LogP contribution is 2.28. The number of halogens is 1. The Morgan fingerprint density at radius 1 is 1.45 bits per heavy atom. The lowest BCUT2D eigenvalue weighted by Gasteiger charge is -2.16. The van der Waals surface area contributed by atoms with Gasteiger partial charge in [0.05, 0.1) is 6.10 Å². The number of ether oxygens (including phenoxy) is 1. The maximum absolute atomic E-state index is 13.7. The van der Waals surface area contributed by atoms with Gasteiger partial charge in [-0.15, -0.1) is 0 Å². The summed E-state index contributed by atoms with van der Waals surface area (Å²) in [6.45, 7) is 1.48. The van der Waals surface area contributed by atoms with Gasteiger partial charge >= 0.3 is 0 Å². The van der Waals surface area contributed by atoms with Gasteiger partial charge < -0.3 is 9.84 Å². The molecule has 0 radical (unpaired) electrons. The SMILES string of the molecule is CC(=O)c1ccc(OCC(O)CC2CCCC2)c(F)c1. The fourth-order valence-electron chi connectivity index (χ4n) is 2.72. The summed E-state index contributed by atoms with van der Waals surface area (Å²) in [6, 6.07) is 4.14. The Hall–Kier alpha value is -1.42. The Balaban J connectivity index is 1.85. The molecule has 20 heavy (non-hydrogen) atoms. The van der Waals surface area contributed by atoms with Gasteiger partial charge in [0.15, 0.2) is 17.3 Å². The Morgan fingerprint density at radius 3 is 2.75 bits per heavy atom. The van der Waals surface area contributed by atoms with Crippen LogP contribution >= 0.6 is 0 Å². The smallest absolute Gasteiger partial charge is 0.165 e. The summed E-state index contributed by atoms with van der Waals surface area (Å²) < 4.78 is 19.0. The second-order valence-electron chi connectivity index (χ2n) is 5.55. The molecule has 1 N–H and O–H groups in total. The van der Waals surface area contributed by atoms with E-state index >= 15 is 0 Å². The van der Waals surface area contributed by atoms with E-state index in [0.717, 1.165) is 0 Å². The average molecular weight is 280 g/mol. The van der Waals surface area contributed by atoms with Crippen molar-refractivity contribution >= 4 is 5.78 Å². The summed E-state index contributed by atoms with van der Waals surface area (Å²) in [5.74, 6) is -0.0958. The van der Waals surface area contributed by atoms with Crippen molar-refractivity contribution in [2.75, 3.05) is 6.61 Å². The quantitative estimate of drug-likeness (QED) is 0.813. The van der Waals surface area contributed by atoms with E-state index in [1.807, 2.05) is 0 Å². The van der Waals surface area contributed by atoms with Crippen molar-refractivity contribution in [2.45, 2.75) is 45.1 Å². The lowest BCUT2D eigenvalue weighted by Crippen LogP contribution is -2.20. The van der Waals surface area contributed by atoms with Gasteiger partial charge in [0.1, 0.15) is 6.61 Å². The molecule has 0 amide bonds. The first kappa shape index (κ1) is 15.0. The minimum Gasteiger partial charge on any atom is -0.488 e. The average Bonchev–Trinajstić information content (AvgIpc) is 2.90. The highest BCUT2D eigenvalue weighted by molar-refractivity contribution is 5.94. The van der Waals surface area contributed by atoms with Crippen molar-refractivity contribution < 1.29 is 19.0 Å². The third-order valence-corrected chi connectivity index (χ3v) is 3.85. The monoisotopic (exact) mass is 280 g/mol. The van der Waals surface area contributed by atoms with E-state index in [-0.39, 0.29) is 18.1 Å².